The van der Waals surface area contributed by atoms with Gasteiger partial charge in [-0.05, 0) is 48.8 Å². The molecule has 0 aliphatic rings. The number of halogens is 2. The minimum atomic E-state index is 0.0867. The maximum atomic E-state index is 6.39. The minimum absolute atomic E-state index is 0.0867. The van der Waals surface area contributed by atoms with Gasteiger partial charge in [0.25, 0.3) is 0 Å². The van der Waals surface area contributed by atoms with Crippen LogP contribution in [0.15, 0.2) is 22.1 Å². The van der Waals surface area contributed by atoms with Crippen LogP contribution >= 0.6 is 38.9 Å². The third-order valence-electron chi connectivity index (χ3n) is 3.02. The van der Waals surface area contributed by atoms with Crippen molar-refractivity contribution >= 4 is 38.9 Å². The lowest BCUT2D eigenvalue weighted by Gasteiger charge is -2.21. The summed E-state index contributed by atoms with van der Waals surface area (Å²) >= 11 is 11.6. The number of hydrogen-bond acceptors (Lipinski definition) is 3. The molecule has 2 heterocycles. The van der Waals surface area contributed by atoms with Crippen LogP contribution in [0, 0.1) is 0 Å². The summed E-state index contributed by atoms with van der Waals surface area (Å²) in [7, 11) is 0. The number of rotatable bonds is 6. The second-order valence-corrected chi connectivity index (χ2v) is 7.24. The van der Waals surface area contributed by atoms with Crippen molar-refractivity contribution in [3.05, 3.63) is 37.7 Å². The lowest BCUT2D eigenvalue weighted by molar-refractivity contribution is 0.474. The Morgan fingerprint density at radius 1 is 1.50 bits per heavy atom. The van der Waals surface area contributed by atoms with Crippen molar-refractivity contribution in [1.82, 2.24) is 15.1 Å². The van der Waals surface area contributed by atoms with Gasteiger partial charge in [-0.25, -0.2) is 0 Å². The van der Waals surface area contributed by atoms with E-state index in [1.807, 2.05) is 4.68 Å². The van der Waals surface area contributed by atoms with Gasteiger partial charge in [-0.1, -0.05) is 18.5 Å². The van der Waals surface area contributed by atoms with Crippen molar-refractivity contribution < 1.29 is 0 Å². The van der Waals surface area contributed by atoms with E-state index in [-0.39, 0.29) is 12.1 Å². The highest BCUT2D eigenvalue weighted by Gasteiger charge is 2.24. The predicted molar refractivity (Wildman–Crippen MR) is 89.8 cm³/mol. The number of nitrogens with one attached hydrogen (secondary N) is 1. The molecule has 0 radical (unpaired) electrons. The Hall–Kier alpha value is -0.360. The number of aromatic nitrogens is 2. The molecular weight excluding hydrogens is 358 g/mol. The van der Waals surface area contributed by atoms with E-state index in [2.05, 4.69) is 58.6 Å². The Kier molecular flexibility index (Phi) is 5.66. The molecule has 0 aliphatic carbocycles. The summed E-state index contributed by atoms with van der Waals surface area (Å²) in [5, 5.41) is 10.8. The molecule has 0 saturated carbocycles. The highest BCUT2D eigenvalue weighted by molar-refractivity contribution is 9.10. The molecule has 0 fully saturated rings. The van der Waals surface area contributed by atoms with Crippen molar-refractivity contribution in [3.8, 4) is 0 Å². The first-order valence-corrected chi connectivity index (χ1v) is 8.79. The number of hydrogen-bond donors (Lipinski definition) is 1. The Morgan fingerprint density at radius 3 is 2.80 bits per heavy atom. The summed E-state index contributed by atoms with van der Waals surface area (Å²) < 4.78 is 3.11. The fourth-order valence-corrected chi connectivity index (χ4v) is 3.89. The largest absolute Gasteiger partial charge is 0.304 e. The average Bonchev–Trinajstić information content (AvgIpc) is 2.98. The van der Waals surface area contributed by atoms with Gasteiger partial charge < -0.3 is 5.32 Å². The molecule has 1 atom stereocenters. The Morgan fingerprint density at radius 2 is 2.25 bits per heavy atom. The summed E-state index contributed by atoms with van der Waals surface area (Å²) in [5.74, 6) is 0. The van der Waals surface area contributed by atoms with Crippen LogP contribution in [0.2, 0.25) is 5.02 Å². The van der Waals surface area contributed by atoms with E-state index >= 15 is 0 Å². The van der Waals surface area contributed by atoms with Crippen molar-refractivity contribution in [2.75, 3.05) is 6.54 Å². The maximum absolute atomic E-state index is 6.39. The van der Waals surface area contributed by atoms with E-state index < -0.39 is 0 Å². The van der Waals surface area contributed by atoms with E-state index in [0.717, 1.165) is 28.2 Å². The summed E-state index contributed by atoms with van der Waals surface area (Å²) in [6, 6.07) is 2.52. The molecule has 110 valence electrons. The van der Waals surface area contributed by atoms with Gasteiger partial charge in [-0.15, -0.1) is 11.3 Å². The van der Waals surface area contributed by atoms with E-state index in [9.17, 15) is 0 Å². The van der Waals surface area contributed by atoms with Gasteiger partial charge in [-0.2, -0.15) is 5.10 Å². The highest BCUT2D eigenvalue weighted by atomic mass is 79.9. The zero-order valence-electron chi connectivity index (χ0n) is 11.9. The minimum Gasteiger partial charge on any atom is -0.304 e. The van der Waals surface area contributed by atoms with Gasteiger partial charge in [0.05, 0.1) is 23.0 Å². The summed E-state index contributed by atoms with van der Waals surface area (Å²) in [4.78, 5) is 1.25. The SMILES string of the molecule is CCCNC(c1cc(Br)cs1)c1c(Cl)cnn1C(C)C. The van der Waals surface area contributed by atoms with Gasteiger partial charge in [-0.3, -0.25) is 4.68 Å². The normalized spacial score (nSPS) is 13.1. The molecule has 0 aromatic carbocycles. The van der Waals surface area contributed by atoms with Crippen LogP contribution in [0.1, 0.15) is 49.8 Å². The zero-order valence-corrected chi connectivity index (χ0v) is 15.0. The molecule has 0 aliphatic heterocycles. The van der Waals surface area contributed by atoms with Crippen LogP contribution in [0.3, 0.4) is 0 Å². The average molecular weight is 377 g/mol. The first kappa shape index (κ1) is 16.0. The van der Waals surface area contributed by atoms with Crippen molar-refractivity contribution in [3.63, 3.8) is 0 Å². The molecule has 3 nitrogen and oxygen atoms in total. The lowest BCUT2D eigenvalue weighted by atomic mass is 10.1. The third-order valence-corrected chi connectivity index (χ3v) is 5.07. The Bertz CT molecular complexity index is 565. The number of nitrogens with zero attached hydrogens (tertiary/aromatic N) is 2. The van der Waals surface area contributed by atoms with Gasteiger partial charge in [0.1, 0.15) is 0 Å². The molecule has 0 bridgehead atoms. The first-order chi connectivity index (χ1) is 9.54. The van der Waals surface area contributed by atoms with Gasteiger partial charge in [0.2, 0.25) is 0 Å². The second kappa shape index (κ2) is 7.07. The molecule has 0 saturated heterocycles. The molecule has 2 aromatic heterocycles. The summed E-state index contributed by atoms with van der Waals surface area (Å²) in [6.07, 6.45) is 2.82. The summed E-state index contributed by atoms with van der Waals surface area (Å²) in [6.45, 7) is 7.34. The monoisotopic (exact) mass is 375 g/mol. The van der Waals surface area contributed by atoms with Crippen LogP contribution in [0.5, 0.6) is 0 Å². The smallest absolute Gasteiger partial charge is 0.0857 e. The molecular formula is C14H19BrClN3S. The molecule has 6 heteroatoms. The van der Waals surface area contributed by atoms with Gasteiger partial charge in [0.15, 0.2) is 0 Å². The zero-order chi connectivity index (χ0) is 14.7. The molecule has 0 amide bonds. The standard InChI is InChI=1S/C14H19BrClN3S/c1-4-5-17-13(12-6-10(15)8-20-12)14-11(16)7-18-19(14)9(2)3/h6-9,13,17H,4-5H2,1-3H3. The van der Waals surface area contributed by atoms with E-state index in [1.54, 1.807) is 17.5 Å². The van der Waals surface area contributed by atoms with Crippen LogP contribution in [-0.4, -0.2) is 16.3 Å². The van der Waals surface area contributed by atoms with Crippen molar-refractivity contribution in [2.24, 2.45) is 0 Å². The quantitative estimate of drug-likeness (QED) is 0.766. The third kappa shape index (κ3) is 3.45. The van der Waals surface area contributed by atoms with Crippen molar-refractivity contribution in [2.45, 2.75) is 39.3 Å². The first-order valence-electron chi connectivity index (χ1n) is 6.74. The molecule has 2 aromatic rings. The van der Waals surface area contributed by atoms with Crippen LogP contribution in [-0.2, 0) is 0 Å². The highest BCUT2D eigenvalue weighted by Crippen LogP contribution is 2.34. The molecule has 1 N–H and O–H groups in total. The van der Waals surface area contributed by atoms with Gasteiger partial charge >= 0.3 is 0 Å². The van der Waals surface area contributed by atoms with Gasteiger partial charge in [0, 0.05) is 20.8 Å². The molecule has 0 spiro atoms. The lowest BCUT2D eigenvalue weighted by Crippen LogP contribution is -2.26. The molecule has 20 heavy (non-hydrogen) atoms. The van der Waals surface area contributed by atoms with E-state index in [1.165, 1.54) is 4.88 Å². The Balaban J connectivity index is 2.43. The Labute approximate surface area is 137 Å². The van der Waals surface area contributed by atoms with Crippen LogP contribution < -0.4 is 5.32 Å². The summed E-state index contributed by atoms with van der Waals surface area (Å²) in [5.41, 5.74) is 1.05. The fourth-order valence-electron chi connectivity index (χ4n) is 2.13. The maximum Gasteiger partial charge on any atom is 0.0857 e. The topological polar surface area (TPSA) is 29.9 Å². The van der Waals surface area contributed by atoms with Crippen LogP contribution in [0.4, 0.5) is 0 Å². The molecule has 2 rings (SSSR count). The molecule has 1 unspecified atom stereocenters. The number of thiophene rings is 1. The predicted octanol–water partition coefficient (Wildman–Crippen LogP) is 5.03. The second-order valence-electron chi connectivity index (χ2n) is 4.97. The van der Waals surface area contributed by atoms with Crippen LogP contribution in [0.25, 0.3) is 0 Å². The fraction of sp³-hybridized carbons (Fsp3) is 0.500. The van der Waals surface area contributed by atoms with E-state index in [4.69, 9.17) is 11.6 Å². The van der Waals surface area contributed by atoms with Crippen molar-refractivity contribution in [1.29, 1.82) is 0 Å². The van der Waals surface area contributed by atoms with E-state index in [0.29, 0.717) is 0 Å².